The van der Waals surface area contributed by atoms with Gasteiger partial charge in [-0.05, 0) is 25.5 Å². The third kappa shape index (κ3) is 4.29. The van der Waals surface area contributed by atoms with Gasteiger partial charge in [-0.15, -0.1) is 0 Å². The Kier molecular flexibility index (Phi) is 5.68. The molecular weight excluding hydrogens is 332 g/mol. The average Bonchev–Trinajstić information content (AvgIpc) is 3.07. The van der Waals surface area contributed by atoms with Crippen molar-refractivity contribution in [2.45, 2.75) is 38.5 Å². The smallest absolute Gasteiger partial charge is 0.251 e. The van der Waals surface area contributed by atoms with E-state index in [1.165, 1.54) is 0 Å². The summed E-state index contributed by atoms with van der Waals surface area (Å²) in [6.45, 7) is 3.24. The van der Waals surface area contributed by atoms with Crippen LogP contribution in [0.2, 0.25) is 0 Å². The van der Waals surface area contributed by atoms with Crippen LogP contribution in [0, 0.1) is 6.92 Å². The van der Waals surface area contributed by atoms with E-state index in [4.69, 9.17) is 0 Å². The highest BCUT2D eigenvalue weighted by atomic mass is 16.3. The summed E-state index contributed by atoms with van der Waals surface area (Å²) in [6.07, 6.45) is 3.70. The van der Waals surface area contributed by atoms with Gasteiger partial charge in [-0.2, -0.15) is 0 Å². The minimum Gasteiger partial charge on any atom is -0.389 e. The third-order valence-electron chi connectivity index (χ3n) is 4.78. The molecule has 0 radical (unpaired) electrons. The Morgan fingerprint density at radius 2 is 2.08 bits per heavy atom. The first-order valence-electron chi connectivity index (χ1n) is 8.84. The first kappa shape index (κ1) is 18.1. The molecule has 1 fully saturated rings. The SMILES string of the molecule is Cc1nccn1CCC(=O)N1CC[C@@H](NC(=O)c2ccccc2)[C@H](O)C1. The van der Waals surface area contributed by atoms with E-state index in [1.54, 1.807) is 35.4 Å². The summed E-state index contributed by atoms with van der Waals surface area (Å²) in [7, 11) is 0. The molecule has 3 rings (SSSR count). The van der Waals surface area contributed by atoms with Gasteiger partial charge in [-0.25, -0.2) is 4.98 Å². The molecule has 1 aromatic heterocycles. The van der Waals surface area contributed by atoms with Crippen LogP contribution in [0.4, 0.5) is 0 Å². The number of imidazole rings is 1. The van der Waals surface area contributed by atoms with Gasteiger partial charge < -0.3 is 19.9 Å². The van der Waals surface area contributed by atoms with Crippen molar-refractivity contribution in [1.82, 2.24) is 19.8 Å². The lowest BCUT2D eigenvalue weighted by atomic mass is 10.0. The second-order valence-corrected chi connectivity index (χ2v) is 6.56. The van der Waals surface area contributed by atoms with Crippen molar-refractivity contribution in [1.29, 1.82) is 0 Å². The van der Waals surface area contributed by atoms with Crippen molar-refractivity contribution in [3.8, 4) is 0 Å². The number of hydrogen-bond donors (Lipinski definition) is 2. The van der Waals surface area contributed by atoms with E-state index in [9.17, 15) is 14.7 Å². The normalized spacial score (nSPS) is 20.0. The number of aromatic nitrogens is 2. The third-order valence-corrected chi connectivity index (χ3v) is 4.78. The average molecular weight is 356 g/mol. The van der Waals surface area contributed by atoms with Gasteiger partial charge >= 0.3 is 0 Å². The van der Waals surface area contributed by atoms with Crippen LogP contribution in [0.25, 0.3) is 0 Å². The molecule has 0 saturated carbocycles. The predicted octanol–water partition coefficient (Wildman–Crippen LogP) is 0.973. The van der Waals surface area contributed by atoms with E-state index in [0.29, 0.717) is 31.5 Å². The van der Waals surface area contributed by atoms with Crippen molar-refractivity contribution < 1.29 is 14.7 Å². The Balaban J connectivity index is 1.49. The summed E-state index contributed by atoms with van der Waals surface area (Å²) in [5.41, 5.74) is 0.564. The second-order valence-electron chi connectivity index (χ2n) is 6.56. The van der Waals surface area contributed by atoms with Gasteiger partial charge in [-0.3, -0.25) is 9.59 Å². The molecule has 7 nitrogen and oxygen atoms in total. The number of aryl methyl sites for hydroxylation is 2. The monoisotopic (exact) mass is 356 g/mol. The predicted molar refractivity (Wildman–Crippen MR) is 96.5 cm³/mol. The molecule has 1 saturated heterocycles. The first-order valence-corrected chi connectivity index (χ1v) is 8.84. The fourth-order valence-corrected chi connectivity index (χ4v) is 3.18. The number of carbonyl (C=O) groups is 2. The number of amides is 2. The largest absolute Gasteiger partial charge is 0.389 e. The summed E-state index contributed by atoms with van der Waals surface area (Å²) in [6, 6.07) is 8.57. The molecular formula is C19H24N4O3. The zero-order valence-corrected chi connectivity index (χ0v) is 14.8. The highest BCUT2D eigenvalue weighted by Crippen LogP contribution is 2.14. The van der Waals surface area contributed by atoms with E-state index in [1.807, 2.05) is 23.8 Å². The van der Waals surface area contributed by atoms with Gasteiger partial charge in [0.25, 0.3) is 5.91 Å². The summed E-state index contributed by atoms with van der Waals surface area (Å²) < 4.78 is 1.93. The molecule has 0 spiro atoms. The molecule has 26 heavy (non-hydrogen) atoms. The Morgan fingerprint density at radius 3 is 2.73 bits per heavy atom. The molecule has 0 bridgehead atoms. The molecule has 0 aliphatic carbocycles. The molecule has 0 unspecified atom stereocenters. The maximum absolute atomic E-state index is 12.4. The van der Waals surface area contributed by atoms with Crippen LogP contribution in [-0.4, -0.2) is 56.6 Å². The number of rotatable bonds is 5. The van der Waals surface area contributed by atoms with Crippen molar-refractivity contribution >= 4 is 11.8 Å². The fourth-order valence-electron chi connectivity index (χ4n) is 3.18. The lowest BCUT2D eigenvalue weighted by Gasteiger charge is -2.36. The van der Waals surface area contributed by atoms with Gasteiger partial charge in [0.1, 0.15) is 5.82 Å². The summed E-state index contributed by atoms with van der Waals surface area (Å²) in [5.74, 6) is 0.676. The van der Waals surface area contributed by atoms with Crippen LogP contribution in [-0.2, 0) is 11.3 Å². The van der Waals surface area contributed by atoms with Crippen LogP contribution < -0.4 is 5.32 Å². The quantitative estimate of drug-likeness (QED) is 0.836. The standard InChI is InChI=1S/C19H24N4O3/c1-14-20-9-12-22(14)11-8-18(25)23-10-7-16(17(24)13-23)21-19(26)15-5-3-2-4-6-15/h2-6,9,12,16-17,24H,7-8,10-11,13H2,1H3,(H,21,26)/t16-,17-/m1/s1. The number of piperidine rings is 1. The van der Waals surface area contributed by atoms with E-state index in [0.717, 1.165) is 5.82 Å². The number of nitrogens with one attached hydrogen (secondary N) is 1. The van der Waals surface area contributed by atoms with Crippen LogP contribution in [0.5, 0.6) is 0 Å². The molecule has 1 aliphatic rings. The van der Waals surface area contributed by atoms with Crippen molar-refractivity contribution in [3.63, 3.8) is 0 Å². The van der Waals surface area contributed by atoms with Gasteiger partial charge in [0.05, 0.1) is 12.1 Å². The number of benzene rings is 1. The summed E-state index contributed by atoms with van der Waals surface area (Å²) >= 11 is 0. The van der Waals surface area contributed by atoms with Crippen LogP contribution in [0.1, 0.15) is 29.0 Å². The summed E-state index contributed by atoms with van der Waals surface area (Å²) in [5, 5.41) is 13.2. The highest BCUT2D eigenvalue weighted by molar-refractivity contribution is 5.94. The van der Waals surface area contributed by atoms with E-state index in [-0.39, 0.29) is 24.4 Å². The molecule has 2 heterocycles. The maximum Gasteiger partial charge on any atom is 0.251 e. The van der Waals surface area contributed by atoms with Gasteiger partial charge in [0.2, 0.25) is 5.91 Å². The number of likely N-dealkylation sites (tertiary alicyclic amines) is 1. The van der Waals surface area contributed by atoms with Crippen molar-refractivity contribution in [2.75, 3.05) is 13.1 Å². The lowest BCUT2D eigenvalue weighted by Crippen LogP contribution is -2.55. The van der Waals surface area contributed by atoms with Crippen LogP contribution >= 0.6 is 0 Å². The minimum atomic E-state index is -0.768. The van der Waals surface area contributed by atoms with Crippen LogP contribution in [0.3, 0.4) is 0 Å². The Hall–Kier alpha value is -2.67. The Morgan fingerprint density at radius 1 is 1.31 bits per heavy atom. The Bertz CT molecular complexity index is 759. The zero-order chi connectivity index (χ0) is 18.5. The lowest BCUT2D eigenvalue weighted by molar-refractivity contribution is -0.135. The van der Waals surface area contributed by atoms with Crippen LogP contribution in [0.15, 0.2) is 42.7 Å². The minimum absolute atomic E-state index is 0.00462. The Labute approximate surface area is 152 Å². The molecule has 2 aromatic rings. The number of nitrogens with zero attached hydrogens (tertiary/aromatic N) is 3. The topological polar surface area (TPSA) is 87.5 Å². The fraction of sp³-hybridized carbons (Fsp3) is 0.421. The van der Waals surface area contributed by atoms with Crippen molar-refractivity contribution in [3.05, 3.63) is 54.1 Å². The first-order chi connectivity index (χ1) is 12.5. The number of aliphatic hydroxyl groups is 1. The summed E-state index contributed by atoms with van der Waals surface area (Å²) in [4.78, 5) is 30.4. The molecule has 2 N–H and O–H groups in total. The van der Waals surface area contributed by atoms with Gasteiger partial charge in [-0.1, -0.05) is 18.2 Å². The van der Waals surface area contributed by atoms with Gasteiger partial charge in [0, 0.05) is 44.0 Å². The number of carbonyl (C=O) groups excluding carboxylic acids is 2. The van der Waals surface area contributed by atoms with E-state index < -0.39 is 6.10 Å². The molecule has 2 atom stereocenters. The van der Waals surface area contributed by atoms with E-state index >= 15 is 0 Å². The zero-order valence-electron chi connectivity index (χ0n) is 14.8. The second kappa shape index (κ2) is 8.14. The number of hydrogen-bond acceptors (Lipinski definition) is 4. The van der Waals surface area contributed by atoms with E-state index in [2.05, 4.69) is 10.3 Å². The molecule has 1 aromatic carbocycles. The molecule has 2 amide bonds. The van der Waals surface area contributed by atoms with Crippen molar-refractivity contribution in [2.24, 2.45) is 0 Å². The molecule has 1 aliphatic heterocycles. The molecule has 7 heteroatoms. The van der Waals surface area contributed by atoms with Gasteiger partial charge in [0.15, 0.2) is 0 Å². The maximum atomic E-state index is 12.4. The number of aliphatic hydroxyl groups excluding tert-OH is 1. The number of β-amino-alcohol motifs (C(OH)–C–C–N with tert-alkyl or cyclic N) is 1. The molecule has 138 valence electrons. The highest BCUT2D eigenvalue weighted by Gasteiger charge is 2.31.